The van der Waals surface area contributed by atoms with Gasteiger partial charge in [0, 0.05) is 17.9 Å². The van der Waals surface area contributed by atoms with Crippen molar-refractivity contribution in [3.8, 4) is 5.75 Å². The van der Waals surface area contributed by atoms with E-state index in [0.29, 0.717) is 30.6 Å². The zero-order chi connectivity index (χ0) is 59.8. The van der Waals surface area contributed by atoms with Gasteiger partial charge in [-0.1, -0.05) is 12.1 Å². The van der Waals surface area contributed by atoms with Gasteiger partial charge in [0.05, 0.1) is 31.8 Å². The number of rotatable bonds is 40. The van der Waals surface area contributed by atoms with E-state index in [9.17, 15) is 72.5 Å². The van der Waals surface area contributed by atoms with Gasteiger partial charge in [0.1, 0.15) is 54.1 Å². The van der Waals surface area contributed by atoms with E-state index in [-0.39, 0.29) is 56.7 Å². The Morgan fingerprint density at radius 3 is 1.34 bits per heavy atom. The molecule has 30 nitrogen and oxygen atoms in total. The van der Waals surface area contributed by atoms with E-state index in [1.807, 2.05) is 5.32 Å². The maximum atomic E-state index is 14.0. The number of carbonyl (C=O) groups is 13. The molecule has 0 heterocycles. The standard InChI is InChI=1S/C46H75N15O15S3/c1-79-15-12-25(49)38(67)56-29(17-34(50)63)39(68)53-20-37(66)54-26(6-2-4-13-47)40(69)60-32(21-77)44(73)55-27(7-3-5-14-48)41(70)61-33(22-78)45(74)57-28(16-23-8-10-24(62)11-9-23)42(71)58-30(18-35(51)64)43(72)59-31(46(75)76)19-36(52)65/h8-11,25-33,62,77-78H,2-7,12-22,47-49H2,1H3,(H2,50,63)(H2,51,64)(H2,52,65)(H,53,68)(H,54,66)(H,55,73)(H,56,67)(H,57,74)(H,58,71)(H,59,72)(H,60,69)(H,61,70)(H,75,76)/t25-,26-,27-,28-,29-,30-,31-,32-,33-/m0/s1. The first-order valence-corrected chi connectivity index (χ1v) is 27.4. The number of aromatic hydroxyl groups is 1. The third-order valence-corrected chi connectivity index (χ3v) is 12.7. The summed E-state index contributed by atoms with van der Waals surface area (Å²) in [5.41, 5.74) is 33.3. The topological polar surface area (TPSA) is 527 Å². The highest BCUT2D eigenvalue weighted by Crippen LogP contribution is 2.13. The molecule has 1 aromatic rings. The lowest BCUT2D eigenvalue weighted by molar-refractivity contribution is -0.144. The minimum absolute atomic E-state index is 0.00158. The summed E-state index contributed by atoms with van der Waals surface area (Å²) >= 11 is 9.88. The summed E-state index contributed by atoms with van der Waals surface area (Å²) in [6.07, 6.45) is 0.714. The molecule has 0 saturated carbocycles. The van der Waals surface area contributed by atoms with Gasteiger partial charge in [-0.05, 0) is 87.7 Å². The van der Waals surface area contributed by atoms with E-state index >= 15 is 0 Å². The van der Waals surface area contributed by atoms with Crippen molar-refractivity contribution in [2.75, 3.05) is 43.1 Å². The number of unbranched alkanes of at least 4 members (excludes halogenated alkanes) is 2. The monoisotopic (exact) mass is 1170 g/mol. The number of thioether (sulfide) groups is 1. The molecular formula is C46H75N15O15S3. The smallest absolute Gasteiger partial charge is 0.326 e. The lowest BCUT2D eigenvalue weighted by Crippen LogP contribution is -2.61. The zero-order valence-electron chi connectivity index (χ0n) is 43.5. The number of hydrogen-bond donors (Lipinski definition) is 19. The number of hydrogen-bond acceptors (Lipinski definition) is 20. The first-order chi connectivity index (χ1) is 37.3. The number of carboxylic acids is 1. The van der Waals surface area contributed by atoms with Crippen LogP contribution in [-0.4, -0.2) is 185 Å². The van der Waals surface area contributed by atoms with E-state index in [2.05, 4.69) is 67.8 Å². The van der Waals surface area contributed by atoms with Crippen LogP contribution in [0.4, 0.5) is 0 Å². The third-order valence-electron chi connectivity index (χ3n) is 11.3. The van der Waals surface area contributed by atoms with E-state index in [1.165, 1.54) is 36.0 Å². The van der Waals surface area contributed by atoms with Gasteiger partial charge in [-0.2, -0.15) is 37.0 Å². The summed E-state index contributed by atoms with van der Waals surface area (Å²) in [5.74, 6) is -13.9. The number of phenols is 1. The highest BCUT2D eigenvalue weighted by atomic mass is 32.2. The molecule has 0 aliphatic heterocycles. The largest absolute Gasteiger partial charge is 0.508 e. The molecule has 9 atom stereocenters. The molecule has 79 heavy (non-hydrogen) atoms. The quantitative estimate of drug-likeness (QED) is 0.0214. The maximum Gasteiger partial charge on any atom is 0.326 e. The summed E-state index contributed by atoms with van der Waals surface area (Å²) in [7, 11) is 0. The van der Waals surface area contributed by atoms with Crippen LogP contribution in [0.15, 0.2) is 24.3 Å². The first-order valence-electron chi connectivity index (χ1n) is 24.7. The van der Waals surface area contributed by atoms with Crippen LogP contribution in [0.2, 0.25) is 0 Å². The van der Waals surface area contributed by atoms with Crippen LogP contribution in [0, 0.1) is 0 Å². The van der Waals surface area contributed by atoms with Crippen LogP contribution in [0.1, 0.15) is 69.8 Å². The fourth-order valence-electron chi connectivity index (χ4n) is 7.04. The van der Waals surface area contributed by atoms with Crippen molar-refractivity contribution < 1.29 is 72.5 Å². The molecule has 0 aliphatic rings. The molecule has 0 fully saturated rings. The lowest BCUT2D eigenvalue weighted by Gasteiger charge is -2.27. The van der Waals surface area contributed by atoms with Crippen LogP contribution in [0.3, 0.4) is 0 Å². The number of aliphatic carboxylic acids is 1. The average molecular weight is 1170 g/mol. The number of carbonyl (C=O) groups excluding carboxylic acids is 12. The number of nitrogens with two attached hydrogens (primary N) is 6. The molecule has 1 aromatic carbocycles. The van der Waals surface area contributed by atoms with Crippen molar-refractivity contribution in [2.24, 2.45) is 34.4 Å². The molecule has 0 unspecified atom stereocenters. The van der Waals surface area contributed by atoms with Crippen molar-refractivity contribution in [3.63, 3.8) is 0 Å². The van der Waals surface area contributed by atoms with Gasteiger partial charge in [-0.15, -0.1) is 0 Å². The maximum absolute atomic E-state index is 14.0. The minimum atomic E-state index is -1.87. The Labute approximate surface area is 470 Å². The summed E-state index contributed by atoms with van der Waals surface area (Å²) < 4.78 is 0. The molecular weight excluding hydrogens is 1100 g/mol. The van der Waals surface area contributed by atoms with Gasteiger partial charge in [0.15, 0.2) is 0 Å². The summed E-state index contributed by atoms with van der Waals surface area (Å²) in [4.78, 5) is 168. The molecule has 0 saturated heterocycles. The molecule has 0 radical (unpaired) electrons. The SMILES string of the molecule is CSCC[C@H](N)C(=O)N[C@@H](CC(N)=O)C(=O)NCC(=O)N[C@@H](CCCCN)C(=O)N[C@@H](CS)C(=O)N[C@@H](CCCCN)C(=O)N[C@@H](CS)C(=O)N[C@@H](Cc1ccc(O)cc1)C(=O)N[C@@H](CC(N)=O)C(=O)N[C@@H](CC(N)=O)C(=O)O. The number of amides is 12. The van der Waals surface area contributed by atoms with Crippen molar-refractivity contribution in [1.29, 1.82) is 0 Å². The molecule has 33 heteroatoms. The number of nitrogens with one attached hydrogen (secondary N) is 9. The predicted octanol–water partition coefficient (Wildman–Crippen LogP) is -7.16. The predicted molar refractivity (Wildman–Crippen MR) is 294 cm³/mol. The summed E-state index contributed by atoms with van der Waals surface area (Å²) in [6.45, 7) is -0.312. The van der Waals surface area contributed by atoms with Crippen LogP contribution >= 0.6 is 37.0 Å². The van der Waals surface area contributed by atoms with Gasteiger partial charge < -0.3 is 92.5 Å². The molecule has 0 bridgehead atoms. The number of thiol groups is 2. The van der Waals surface area contributed by atoms with E-state index in [1.54, 1.807) is 6.26 Å². The fraction of sp³-hybridized carbons (Fsp3) is 0.587. The third kappa shape index (κ3) is 28.0. The Morgan fingerprint density at radius 1 is 0.506 bits per heavy atom. The zero-order valence-corrected chi connectivity index (χ0v) is 46.1. The number of phenolic OH excluding ortho intramolecular Hbond substituents is 1. The summed E-state index contributed by atoms with van der Waals surface area (Å²) in [6, 6.07) is -8.19. The van der Waals surface area contributed by atoms with Gasteiger partial charge in [0.2, 0.25) is 70.9 Å². The Morgan fingerprint density at radius 2 is 0.886 bits per heavy atom. The Hall–Kier alpha value is -6.94. The van der Waals surface area contributed by atoms with Crippen LogP contribution in [0.5, 0.6) is 5.75 Å². The van der Waals surface area contributed by atoms with Gasteiger partial charge in [-0.25, -0.2) is 4.79 Å². The molecule has 1 rings (SSSR count). The molecule has 442 valence electrons. The van der Waals surface area contributed by atoms with Crippen LogP contribution in [0.25, 0.3) is 0 Å². The van der Waals surface area contributed by atoms with E-state index in [4.69, 9.17) is 34.4 Å². The second-order valence-corrected chi connectivity index (χ2v) is 19.5. The van der Waals surface area contributed by atoms with Gasteiger partial charge >= 0.3 is 5.97 Å². The van der Waals surface area contributed by atoms with Crippen molar-refractivity contribution in [3.05, 3.63) is 29.8 Å². The van der Waals surface area contributed by atoms with Gasteiger partial charge in [-0.3, -0.25) is 57.5 Å². The van der Waals surface area contributed by atoms with Crippen LogP contribution in [-0.2, 0) is 68.7 Å². The fourth-order valence-corrected chi connectivity index (χ4v) is 8.04. The lowest BCUT2D eigenvalue weighted by atomic mass is 10.0. The molecule has 0 aromatic heterocycles. The van der Waals surface area contributed by atoms with Crippen molar-refractivity contribution in [2.45, 2.75) is 125 Å². The first kappa shape index (κ1) is 70.1. The van der Waals surface area contributed by atoms with E-state index in [0.717, 1.165) is 0 Å². The Kier molecular flexibility index (Phi) is 33.5. The summed E-state index contributed by atoms with van der Waals surface area (Å²) in [5, 5.41) is 40.6. The Bertz CT molecular complexity index is 2270. The Balaban J connectivity index is 3.35. The average Bonchev–Trinajstić information content (AvgIpc) is 3.39. The molecule has 0 spiro atoms. The normalized spacial score (nSPS) is 14.3. The molecule has 0 aliphatic carbocycles. The highest BCUT2D eigenvalue weighted by Gasteiger charge is 2.35. The number of carboxylic acid groups (broad SMARTS) is 1. The minimum Gasteiger partial charge on any atom is -0.508 e. The van der Waals surface area contributed by atoms with Gasteiger partial charge in [0.25, 0.3) is 0 Å². The van der Waals surface area contributed by atoms with Crippen molar-refractivity contribution in [1.82, 2.24) is 47.9 Å². The number of primary amides is 3. The second-order valence-electron chi connectivity index (χ2n) is 17.8. The second kappa shape index (κ2) is 37.8. The number of benzene rings is 1. The van der Waals surface area contributed by atoms with Crippen LogP contribution < -0.4 is 82.3 Å². The van der Waals surface area contributed by atoms with E-state index < -0.39 is 163 Å². The molecule has 23 N–H and O–H groups in total. The molecule has 12 amide bonds. The highest BCUT2D eigenvalue weighted by molar-refractivity contribution is 7.98. The van der Waals surface area contributed by atoms with Crippen molar-refractivity contribution >= 4 is 114 Å².